The minimum atomic E-state index is -0.955. The lowest BCUT2D eigenvalue weighted by Gasteiger charge is -2.41. The van der Waals surface area contributed by atoms with E-state index in [0.29, 0.717) is 45.1 Å². The number of nitrogens with one attached hydrogen (secondary N) is 1. The van der Waals surface area contributed by atoms with Crippen LogP contribution in [0.4, 0.5) is 4.79 Å². The Labute approximate surface area is 345 Å². The number of rotatable bonds is 18. The van der Waals surface area contributed by atoms with Crippen molar-refractivity contribution in [1.82, 2.24) is 29.8 Å². The molecule has 2 heterocycles. The van der Waals surface area contributed by atoms with Gasteiger partial charge in [0.1, 0.15) is 12.1 Å². The summed E-state index contributed by atoms with van der Waals surface area (Å²) in [5.41, 5.74) is 0.872. The van der Waals surface area contributed by atoms with Crippen LogP contribution in [0.15, 0.2) is 35.3 Å². The van der Waals surface area contributed by atoms with Crippen molar-refractivity contribution in [2.75, 3.05) is 75.2 Å². The smallest absolute Gasteiger partial charge is 0.407 e. The number of guanidine groups is 1. The molecule has 1 aromatic carbocycles. The largest absolute Gasteiger partial charge is 0.467 e. The first-order valence-corrected chi connectivity index (χ1v) is 20.5. The van der Waals surface area contributed by atoms with E-state index in [9.17, 15) is 29.1 Å². The number of aliphatic imine (C=N–C) groups is 1. The highest BCUT2D eigenvalue weighted by Gasteiger charge is 2.43. The zero-order chi connectivity index (χ0) is 43.3. The summed E-state index contributed by atoms with van der Waals surface area (Å²) in [5.74, 6) is -1.60. The average molecular weight is 816 g/mol. The Hall–Kier alpha value is -4.44. The molecule has 16 nitrogen and oxygen atoms in total. The summed E-state index contributed by atoms with van der Waals surface area (Å²) in [6.45, 7) is 11.8. The number of carbonyl (C=O) groups excluding carboxylic acids is 4. The van der Waals surface area contributed by atoms with E-state index >= 15 is 0 Å². The molecule has 0 aliphatic carbocycles. The third kappa shape index (κ3) is 12.3. The van der Waals surface area contributed by atoms with E-state index in [1.807, 2.05) is 81.9 Å². The van der Waals surface area contributed by atoms with Crippen LogP contribution in [-0.2, 0) is 39.8 Å². The maximum absolute atomic E-state index is 14.5. The highest BCUT2D eigenvalue weighted by Crippen LogP contribution is 2.30. The number of benzene rings is 1. The fourth-order valence-electron chi connectivity index (χ4n) is 8.19. The van der Waals surface area contributed by atoms with Crippen molar-refractivity contribution in [3.8, 4) is 0 Å². The molecule has 0 bridgehead atoms. The molecule has 3 rings (SSSR count). The Morgan fingerprint density at radius 3 is 2.05 bits per heavy atom. The molecule has 0 aromatic heterocycles. The Balaban J connectivity index is 1.81. The third-order valence-electron chi connectivity index (χ3n) is 11.7. The van der Waals surface area contributed by atoms with Crippen molar-refractivity contribution < 1.29 is 43.3 Å². The third-order valence-corrected chi connectivity index (χ3v) is 11.7. The molecular weight excluding hydrogens is 747 g/mol. The molecular formula is C42H69N7O9. The first kappa shape index (κ1) is 47.9. The summed E-state index contributed by atoms with van der Waals surface area (Å²) in [6, 6.07) is 6.87. The topological polar surface area (TPSA) is 174 Å². The van der Waals surface area contributed by atoms with Crippen molar-refractivity contribution in [2.45, 2.75) is 103 Å². The number of hydrogen-bond acceptors (Lipinski definition) is 9. The molecule has 326 valence electrons. The van der Waals surface area contributed by atoms with Gasteiger partial charge in [-0.3, -0.25) is 14.4 Å². The molecule has 0 unspecified atom stereocenters. The van der Waals surface area contributed by atoms with E-state index in [1.165, 1.54) is 19.1 Å². The summed E-state index contributed by atoms with van der Waals surface area (Å²) >= 11 is 0. The van der Waals surface area contributed by atoms with Crippen LogP contribution in [0.3, 0.4) is 0 Å². The maximum atomic E-state index is 14.5. The van der Waals surface area contributed by atoms with E-state index in [2.05, 4.69) is 5.32 Å². The van der Waals surface area contributed by atoms with Gasteiger partial charge in [0.25, 0.3) is 0 Å². The van der Waals surface area contributed by atoms with Crippen LogP contribution >= 0.6 is 0 Å². The highest BCUT2D eigenvalue weighted by molar-refractivity contribution is 5.88. The average Bonchev–Trinajstić information content (AvgIpc) is 3.70. The first-order valence-electron chi connectivity index (χ1n) is 20.5. The van der Waals surface area contributed by atoms with E-state index in [0.717, 1.165) is 18.4 Å². The van der Waals surface area contributed by atoms with Crippen LogP contribution in [0.1, 0.15) is 65.9 Å². The van der Waals surface area contributed by atoms with Crippen LogP contribution in [0.2, 0.25) is 0 Å². The van der Waals surface area contributed by atoms with Crippen molar-refractivity contribution in [2.24, 2.45) is 22.7 Å². The monoisotopic (exact) mass is 816 g/mol. The number of methoxy groups -OCH3 is 3. The molecule has 4 amide bonds. The summed E-state index contributed by atoms with van der Waals surface area (Å²) in [5, 5.41) is 12.3. The second kappa shape index (κ2) is 22.6. The number of piperazine rings is 1. The molecule has 2 aliphatic heterocycles. The Morgan fingerprint density at radius 1 is 0.914 bits per heavy atom. The number of carboxylic acid groups (broad SMARTS) is 1. The lowest BCUT2D eigenvalue weighted by atomic mass is 9.89. The van der Waals surface area contributed by atoms with E-state index in [1.54, 1.807) is 30.9 Å². The van der Waals surface area contributed by atoms with E-state index in [-0.39, 0.29) is 42.4 Å². The second-order valence-corrected chi connectivity index (χ2v) is 16.1. The molecule has 2 fully saturated rings. The minimum Gasteiger partial charge on any atom is -0.467 e. The molecule has 0 radical (unpaired) electrons. The standard InChI is InChI=1S/C42H69N7O9/c1-12-28(4)36(46(8)39(52)35(27(2)3)44-41(45(6)7)47-21-23-48(24-22-47)42(54)55)33(56-9)26-34(50)49-20-16-19-32(49)37(57-10)29(5)38(51)43-31(40(53)58-11)25-30-17-14-13-15-18-30/h13-15,17-18,27-29,31-33,35-37H,12,16,19-26H2,1-11H3,(H,43,51)(H,54,55)/t28-,29+,31-,32-,33+,35-,36-,37+/m0/s1. The summed E-state index contributed by atoms with van der Waals surface area (Å²) in [6.07, 6.45) is 0.0917. The second-order valence-electron chi connectivity index (χ2n) is 16.1. The number of ether oxygens (including phenoxy) is 3. The molecule has 8 atom stereocenters. The summed E-state index contributed by atoms with van der Waals surface area (Å²) in [7, 11) is 9.85. The molecule has 0 spiro atoms. The summed E-state index contributed by atoms with van der Waals surface area (Å²) in [4.78, 5) is 80.5. The van der Waals surface area contributed by atoms with Gasteiger partial charge >= 0.3 is 12.1 Å². The molecule has 58 heavy (non-hydrogen) atoms. The van der Waals surface area contributed by atoms with Gasteiger partial charge in [0.2, 0.25) is 17.7 Å². The van der Waals surface area contributed by atoms with Gasteiger partial charge in [-0.05, 0) is 30.2 Å². The number of likely N-dealkylation sites (N-methyl/N-ethyl adjacent to an activating group) is 1. The Bertz CT molecular complexity index is 1540. The van der Waals surface area contributed by atoms with Crippen molar-refractivity contribution >= 4 is 35.7 Å². The minimum absolute atomic E-state index is 0.00451. The van der Waals surface area contributed by atoms with Gasteiger partial charge in [0, 0.05) is 74.5 Å². The fraction of sp³-hybridized carbons (Fsp3) is 0.714. The van der Waals surface area contributed by atoms with Crippen molar-refractivity contribution in [3.63, 3.8) is 0 Å². The lowest BCUT2D eigenvalue weighted by Crippen LogP contribution is -2.56. The van der Waals surface area contributed by atoms with E-state index in [4.69, 9.17) is 19.2 Å². The van der Waals surface area contributed by atoms with Gasteiger partial charge < -0.3 is 49.1 Å². The van der Waals surface area contributed by atoms with Crippen LogP contribution in [0.5, 0.6) is 0 Å². The molecule has 0 saturated carbocycles. The zero-order valence-corrected chi connectivity index (χ0v) is 36.6. The number of hydrogen-bond donors (Lipinski definition) is 2. The van der Waals surface area contributed by atoms with Crippen LogP contribution in [0, 0.1) is 17.8 Å². The first-order chi connectivity index (χ1) is 27.5. The van der Waals surface area contributed by atoms with Gasteiger partial charge in [-0.1, -0.05) is 71.4 Å². The number of amides is 4. The number of carbonyl (C=O) groups is 5. The van der Waals surface area contributed by atoms with Crippen molar-refractivity contribution in [1.29, 1.82) is 0 Å². The van der Waals surface area contributed by atoms with Crippen LogP contribution < -0.4 is 5.32 Å². The SMILES string of the molecule is CC[C@H](C)[C@@H]([C@@H](CC(=O)N1CCC[C@H]1[C@H](OC)[C@@H](C)C(=O)N[C@@H](Cc1ccccc1)C(=O)OC)OC)N(C)C(=O)[C@@H](N=C(N(C)C)N1CCN(C(=O)O)CC1)C(C)C. The Morgan fingerprint density at radius 2 is 1.53 bits per heavy atom. The van der Waals surface area contributed by atoms with E-state index < -0.39 is 54.4 Å². The highest BCUT2D eigenvalue weighted by atomic mass is 16.5. The Kier molecular flexibility index (Phi) is 18.7. The number of esters is 1. The number of nitrogens with zero attached hydrogens (tertiary/aromatic N) is 6. The van der Waals surface area contributed by atoms with Gasteiger partial charge in [0.15, 0.2) is 5.96 Å². The summed E-state index contributed by atoms with van der Waals surface area (Å²) < 4.78 is 17.0. The maximum Gasteiger partial charge on any atom is 0.407 e. The molecule has 16 heteroatoms. The van der Waals surface area contributed by atoms with Gasteiger partial charge in [-0.15, -0.1) is 0 Å². The normalized spacial score (nSPS) is 19.8. The molecule has 1 aromatic rings. The van der Waals surface area contributed by atoms with Crippen LogP contribution in [0.25, 0.3) is 0 Å². The molecule has 2 N–H and O–H groups in total. The van der Waals surface area contributed by atoms with Gasteiger partial charge in [-0.25, -0.2) is 14.6 Å². The fourth-order valence-corrected chi connectivity index (χ4v) is 8.19. The zero-order valence-electron chi connectivity index (χ0n) is 36.6. The predicted octanol–water partition coefficient (Wildman–Crippen LogP) is 3.05. The number of likely N-dealkylation sites (tertiary alicyclic amines) is 1. The lowest BCUT2D eigenvalue weighted by molar-refractivity contribution is -0.148. The van der Waals surface area contributed by atoms with Gasteiger partial charge in [0.05, 0.1) is 43.7 Å². The van der Waals surface area contributed by atoms with Gasteiger partial charge in [-0.2, -0.15) is 0 Å². The predicted molar refractivity (Wildman–Crippen MR) is 221 cm³/mol. The van der Waals surface area contributed by atoms with Crippen molar-refractivity contribution in [3.05, 3.63) is 35.9 Å². The van der Waals surface area contributed by atoms with Crippen LogP contribution in [-0.4, -0.2) is 177 Å². The molecule has 2 saturated heterocycles. The quantitative estimate of drug-likeness (QED) is 0.127. The molecule has 2 aliphatic rings.